The molecular weight excluding hydrogens is 612 g/mol. The molecule has 0 aromatic heterocycles. The lowest BCUT2D eigenvalue weighted by molar-refractivity contribution is -0.136. The summed E-state index contributed by atoms with van der Waals surface area (Å²) in [5.41, 5.74) is 4.42. The van der Waals surface area contributed by atoms with Crippen LogP contribution < -0.4 is 10.6 Å². The second-order valence-corrected chi connectivity index (χ2v) is 14.1. The predicted octanol–water partition coefficient (Wildman–Crippen LogP) is 6.88. The van der Waals surface area contributed by atoms with Crippen LogP contribution >= 0.6 is 0 Å². The second-order valence-electron chi connectivity index (χ2n) is 12.1. The first kappa shape index (κ1) is 33.6. The molecule has 0 spiro atoms. The molecule has 4 aromatic rings. The number of carbonyl (C=O) groups excluding carboxylic acids is 2. The maximum atomic E-state index is 13.9. The molecular formula is C38H40N2O6S. The smallest absolute Gasteiger partial charge is 0.305 e. The molecule has 1 fully saturated rings. The average Bonchev–Trinajstić information content (AvgIpc) is 3.08. The summed E-state index contributed by atoms with van der Waals surface area (Å²) >= 11 is 0. The number of carboxylic acid groups (broad SMARTS) is 1. The van der Waals surface area contributed by atoms with Gasteiger partial charge in [0.15, 0.2) is 9.84 Å². The molecule has 9 heteroatoms. The van der Waals surface area contributed by atoms with Crippen molar-refractivity contribution in [1.82, 2.24) is 5.32 Å². The van der Waals surface area contributed by atoms with Crippen LogP contribution in [0.2, 0.25) is 0 Å². The zero-order valence-electron chi connectivity index (χ0n) is 26.2. The molecule has 1 unspecified atom stereocenters. The van der Waals surface area contributed by atoms with Gasteiger partial charge in [-0.05, 0) is 77.8 Å². The zero-order valence-corrected chi connectivity index (χ0v) is 27.0. The van der Waals surface area contributed by atoms with E-state index in [-0.39, 0.29) is 35.4 Å². The number of hydrogen-bond donors (Lipinski definition) is 3. The third-order valence-electron chi connectivity index (χ3n) is 8.67. The maximum Gasteiger partial charge on any atom is 0.305 e. The number of sulfone groups is 1. The number of aliphatic carboxylic acids is 1. The van der Waals surface area contributed by atoms with Gasteiger partial charge in [-0.1, -0.05) is 92.1 Å². The Morgan fingerprint density at radius 2 is 1.49 bits per heavy atom. The fraction of sp³-hybridized carbons (Fsp3) is 0.289. The molecule has 244 valence electrons. The molecule has 0 aliphatic heterocycles. The van der Waals surface area contributed by atoms with Crippen molar-refractivity contribution in [3.63, 3.8) is 0 Å². The van der Waals surface area contributed by atoms with Crippen LogP contribution in [0.25, 0.3) is 0 Å². The average molecular weight is 653 g/mol. The number of carboxylic acids is 1. The van der Waals surface area contributed by atoms with Gasteiger partial charge in [-0.25, -0.2) is 8.42 Å². The summed E-state index contributed by atoms with van der Waals surface area (Å²) in [6.07, 6.45) is 6.25. The molecule has 0 radical (unpaired) electrons. The van der Waals surface area contributed by atoms with E-state index in [4.69, 9.17) is 5.11 Å². The standard InChI is InChI=1S/C38H40N2O6S/c41-36(42)22-23-39-37(43)32-16-14-27(15-17-32)24-35(31-20-18-30(19-21-31)29-10-5-2-6-11-29)38(44)40-33-12-7-13-34(25-33)47(45,46)26-28-8-3-1-4-9-28/h1,3-4,7-9,12-21,25,29,35H,2,5-6,10-11,22-24,26H2,(H,39,43)(H,40,44)(H,41,42). The van der Waals surface area contributed by atoms with Crippen molar-refractivity contribution in [1.29, 1.82) is 0 Å². The molecule has 2 amide bonds. The number of benzene rings is 4. The number of anilines is 1. The largest absolute Gasteiger partial charge is 0.481 e. The number of rotatable bonds is 13. The summed E-state index contributed by atoms with van der Waals surface area (Å²) in [6.45, 7) is 0.0315. The molecule has 8 nitrogen and oxygen atoms in total. The molecule has 4 aromatic carbocycles. The van der Waals surface area contributed by atoms with Crippen molar-refractivity contribution in [2.75, 3.05) is 11.9 Å². The van der Waals surface area contributed by atoms with Crippen LogP contribution in [0.15, 0.2) is 108 Å². The fourth-order valence-corrected chi connectivity index (χ4v) is 7.48. The molecule has 1 aliphatic carbocycles. The van der Waals surface area contributed by atoms with Crippen molar-refractivity contribution >= 4 is 33.3 Å². The minimum Gasteiger partial charge on any atom is -0.481 e. The van der Waals surface area contributed by atoms with Crippen molar-refractivity contribution in [3.05, 3.63) is 131 Å². The van der Waals surface area contributed by atoms with E-state index in [2.05, 4.69) is 22.8 Å². The van der Waals surface area contributed by atoms with Crippen LogP contribution in [0.3, 0.4) is 0 Å². The fourth-order valence-electron chi connectivity index (χ4n) is 6.08. The van der Waals surface area contributed by atoms with Gasteiger partial charge >= 0.3 is 5.97 Å². The van der Waals surface area contributed by atoms with Crippen LogP contribution in [-0.2, 0) is 31.6 Å². The van der Waals surface area contributed by atoms with E-state index in [1.807, 2.05) is 18.2 Å². The van der Waals surface area contributed by atoms with Crippen molar-refractivity contribution < 1.29 is 27.9 Å². The van der Waals surface area contributed by atoms with Crippen LogP contribution in [0.5, 0.6) is 0 Å². The Balaban J connectivity index is 1.35. The Labute approximate surface area is 276 Å². The highest BCUT2D eigenvalue weighted by molar-refractivity contribution is 7.90. The normalized spacial score (nSPS) is 14.2. The first-order chi connectivity index (χ1) is 22.7. The van der Waals surface area contributed by atoms with Gasteiger partial charge in [-0.15, -0.1) is 0 Å². The highest BCUT2D eigenvalue weighted by Gasteiger charge is 2.24. The number of hydrogen-bond acceptors (Lipinski definition) is 5. The van der Waals surface area contributed by atoms with E-state index in [1.54, 1.807) is 60.7 Å². The lowest BCUT2D eigenvalue weighted by Crippen LogP contribution is -2.26. The third kappa shape index (κ3) is 9.39. The van der Waals surface area contributed by atoms with Gasteiger partial charge in [-0.3, -0.25) is 14.4 Å². The Bertz CT molecular complexity index is 1780. The van der Waals surface area contributed by atoms with E-state index < -0.39 is 21.7 Å². The van der Waals surface area contributed by atoms with Crippen LogP contribution in [-0.4, -0.2) is 37.9 Å². The van der Waals surface area contributed by atoms with E-state index >= 15 is 0 Å². The molecule has 3 N–H and O–H groups in total. The van der Waals surface area contributed by atoms with Gasteiger partial charge in [0.05, 0.1) is 23.0 Å². The van der Waals surface area contributed by atoms with Crippen LogP contribution in [0, 0.1) is 0 Å². The molecule has 1 aliphatic rings. The number of nitrogens with one attached hydrogen (secondary N) is 2. The Kier molecular flexibility index (Phi) is 11.2. The minimum absolute atomic E-state index is 0.0315. The maximum absolute atomic E-state index is 13.9. The van der Waals surface area contributed by atoms with Gasteiger partial charge < -0.3 is 15.7 Å². The summed E-state index contributed by atoms with van der Waals surface area (Å²) in [4.78, 5) is 37.3. The first-order valence-corrected chi connectivity index (χ1v) is 17.7. The van der Waals surface area contributed by atoms with E-state index in [1.165, 1.54) is 49.8 Å². The highest BCUT2D eigenvalue weighted by Crippen LogP contribution is 2.34. The first-order valence-electron chi connectivity index (χ1n) is 16.0. The van der Waals surface area contributed by atoms with Gasteiger partial charge in [0.2, 0.25) is 5.91 Å². The molecule has 0 saturated heterocycles. The van der Waals surface area contributed by atoms with E-state index in [9.17, 15) is 22.8 Å². The predicted molar refractivity (Wildman–Crippen MR) is 182 cm³/mol. The topological polar surface area (TPSA) is 130 Å². The molecule has 5 rings (SSSR count). The van der Waals surface area contributed by atoms with Gasteiger partial charge in [-0.2, -0.15) is 0 Å². The number of carbonyl (C=O) groups is 3. The molecule has 1 saturated carbocycles. The van der Waals surface area contributed by atoms with Crippen LogP contribution in [0.4, 0.5) is 5.69 Å². The van der Waals surface area contributed by atoms with Gasteiger partial charge in [0.1, 0.15) is 0 Å². The van der Waals surface area contributed by atoms with E-state index in [0.29, 0.717) is 29.2 Å². The molecule has 0 heterocycles. The summed E-state index contributed by atoms with van der Waals surface area (Å²) in [5.74, 6) is -1.84. The minimum atomic E-state index is -3.64. The molecule has 47 heavy (non-hydrogen) atoms. The molecule has 1 atom stereocenters. The summed E-state index contributed by atoms with van der Waals surface area (Å²) in [5, 5.41) is 14.4. The van der Waals surface area contributed by atoms with Crippen LogP contribution in [0.1, 0.15) is 83.0 Å². The quantitative estimate of drug-likeness (QED) is 0.144. The number of amides is 2. The van der Waals surface area contributed by atoms with Gasteiger partial charge in [0.25, 0.3) is 5.91 Å². The van der Waals surface area contributed by atoms with Crippen molar-refractivity contribution in [3.8, 4) is 0 Å². The highest BCUT2D eigenvalue weighted by atomic mass is 32.2. The summed E-state index contributed by atoms with van der Waals surface area (Å²) in [6, 6.07) is 30.5. The second kappa shape index (κ2) is 15.7. The lowest BCUT2D eigenvalue weighted by Gasteiger charge is -2.23. The Morgan fingerprint density at radius 1 is 0.787 bits per heavy atom. The Morgan fingerprint density at radius 3 is 2.17 bits per heavy atom. The van der Waals surface area contributed by atoms with E-state index in [0.717, 1.165) is 11.1 Å². The summed E-state index contributed by atoms with van der Waals surface area (Å²) in [7, 11) is -3.64. The van der Waals surface area contributed by atoms with Crippen molar-refractivity contribution in [2.45, 2.75) is 67.4 Å². The third-order valence-corrected chi connectivity index (χ3v) is 10.4. The van der Waals surface area contributed by atoms with Crippen molar-refractivity contribution in [2.24, 2.45) is 0 Å². The SMILES string of the molecule is O=C(O)CCNC(=O)c1ccc(CC(C(=O)Nc2cccc(S(=O)(=O)Cc3ccccc3)c2)c2ccc(C3CCCCC3)cc2)cc1. The summed E-state index contributed by atoms with van der Waals surface area (Å²) < 4.78 is 26.4. The van der Waals surface area contributed by atoms with Gasteiger partial charge in [0, 0.05) is 17.8 Å². The molecule has 0 bridgehead atoms. The lowest BCUT2D eigenvalue weighted by atomic mass is 9.83. The Hall–Kier alpha value is -4.76. The zero-order chi connectivity index (χ0) is 33.2. The monoisotopic (exact) mass is 652 g/mol.